The van der Waals surface area contributed by atoms with Crippen LogP contribution in [0.2, 0.25) is 0 Å². The van der Waals surface area contributed by atoms with E-state index in [9.17, 15) is 13.7 Å². The normalized spacial score (nSPS) is 11.9. The number of sulfonamides is 1. The summed E-state index contributed by atoms with van der Waals surface area (Å²) in [7, 11) is -3.70. The van der Waals surface area contributed by atoms with Crippen LogP contribution in [0.4, 0.5) is 11.4 Å². The molecule has 2 heterocycles. The maximum Gasteiger partial charge on any atom is 0.237 e. The van der Waals surface area contributed by atoms with Gasteiger partial charge in [-0.05, 0) is 39.0 Å². The van der Waals surface area contributed by atoms with Crippen molar-refractivity contribution in [2.45, 2.75) is 32.1 Å². The van der Waals surface area contributed by atoms with Gasteiger partial charge in [0.1, 0.15) is 6.07 Å². The molecule has 0 atom stereocenters. The molecule has 0 fully saturated rings. The Labute approximate surface area is 157 Å². The molecule has 0 radical (unpaired) electrons. The number of anilines is 2. The van der Waals surface area contributed by atoms with E-state index in [-0.39, 0.29) is 11.3 Å². The predicted octanol–water partition coefficient (Wildman–Crippen LogP) is 2.98. The smallest absolute Gasteiger partial charge is 0.237 e. The fourth-order valence-corrected chi connectivity index (χ4v) is 3.16. The number of nitriles is 1. The minimum Gasteiger partial charge on any atom is -0.379 e. The summed E-state index contributed by atoms with van der Waals surface area (Å²) >= 11 is 0. The average Bonchev–Trinajstić information content (AvgIpc) is 3.12. The molecule has 0 amide bonds. The van der Waals surface area contributed by atoms with E-state index in [0.717, 1.165) is 11.4 Å². The molecule has 2 aromatic heterocycles. The summed E-state index contributed by atoms with van der Waals surface area (Å²) in [6.45, 7) is 5.33. The molecule has 3 aromatic rings. The number of aromatic amines is 1. The van der Waals surface area contributed by atoms with Gasteiger partial charge in [0.05, 0.1) is 40.1 Å². The van der Waals surface area contributed by atoms with Gasteiger partial charge in [0, 0.05) is 23.5 Å². The first kappa shape index (κ1) is 18.7. The summed E-state index contributed by atoms with van der Waals surface area (Å²) in [6, 6.07) is 7.42. The Balaban J connectivity index is 2.04. The number of imidazole rings is 1. The van der Waals surface area contributed by atoms with E-state index in [1.54, 1.807) is 45.4 Å². The SMILES string of the molecule is CC(C)(C)S(=O)(=O)Nc1c(C#N)cnc2ccc(NCc3cnc[nH]3)cc12. The number of fused-ring (bicyclic) bond motifs is 1. The zero-order valence-corrected chi connectivity index (χ0v) is 16.1. The van der Waals surface area contributed by atoms with Crippen molar-refractivity contribution in [2.75, 3.05) is 10.0 Å². The Morgan fingerprint density at radius 1 is 1.26 bits per heavy atom. The summed E-state index contributed by atoms with van der Waals surface area (Å²) in [5, 5.41) is 13.2. The molecule has 0 bridgehead atoms. The Hall–Kier alpha value is -3.12. The Kier molecular flexibility index (Phi) is 4.76. The molecule has 140 valence electrons. The van der Waals surface area contributed by atoms with Gasteiger partial charge in [0.25, 0.3) is 0 Å². The Morgan fingerprint density at radius 3 is 2.67 bits per heavy atom. The number of H-pyrrole nitrogens is 1. The molecule has 0 aliphatic carbocycles. The fourth-order valence-electron chi connectivity index (χ4n) is 2.36. The van der Waals surface area contributed by atoms with E-state index < -0.39 is 14.8 Å². The van der Waals surface area contributed by atoms with Crippen LogP contribution in [0.25, 0.3) is 10.9 Å². The first-order valence-electron chi connectivity index (χ1n) is 8.27. The van der Waals surface area contributed by atoms with Crippen LogP contribution in [0.1, 0.15) is 32.0 Å². The second-order valence-corrected chi connectivity index (χ2v) is 9.47. The van der Waals surface area contributed by atoms with Crippen LogP contribution in [0.5, 0.6) is 0 Å². The third-order valence-corrected chi connectivity index (χ3v) is 6.15. The first-order valence-corrected chi connectivity index (χ1v) is 9.76. The van der Waals surface area contributed by atoms with Crippen molar-refractivity contribution in [3.05, 3.63) is 48.2 Å². The van der Waals surface area contributed by atoms with Crippen molar-refractivity contribution in [3.63, 3.8) is 0 Å². The van der Waals surface area contributed by atoms with E-state index in [1.807, 2.05) is 12.1 Å². The summed E-state index contributed by atoms with van der Waals surface area (Å²) in [5.74, 6) is 0. The van der Waals surface area contributed by atoms with Crippen molar-refractivity contribution in [2.24, 2.45) is 0 Å². The van der Waals surface area contributed by atoms with Gasteiger partial charge in [-0.2, -0.15) is 5.26 Å². The van der Waals surface area contributed by atoms with E-state index in [0.29, 0.717) is 17.4 Å². The van der Waals surface area contributed by atoms with Gasteiger partial charge in [0.15, 0.2) is 0 Å². The van der Waals surface area contributed by atoms with Crippen molar-refractivity contribution < 1.29 is 8.42 Å². The summed E-state index contributed by atoms with van der Waals surface area (Å²) in [4.78, 5) is 11.2. The molecule has 8 nitrogen and oxygen atoms in total. The number of nitrogens with one attached hydrogen (secondary N) is 3. The second kappa shape index (κ2) is 6.89. The number of pyridine rings is 1. The van der Waals surface area contributed by atoms with Gasteiger partial charge in [-0.25, -0.2) is 13.4 Å². The fraction of sp³-hybridized carbons (Fsp3) is 0.278. The van der Waals surface area contributed by atoms with E-state index in [4.69, 9.17) is 0 Å². The molecule has 1 aromatic carbocycles. The lowest BCUT2D eigenvalue weighted by Gasteiger charge is -2.21. The summed E-state index contributed by atoms with van der Waals surface area (Å²) in [6.07, 6.45) is 4.69. The zero-order valence-electron chi connectivity index (χ0n) is 15.2. The highest BCUT2D eigenvalue weighted by molar-refractivity contribution is 7.94. The van der Waals surface area contributed by atoms with Gasteiger partial charge >= 0.3 is 0 Å². The van der Waals surface area contributed by atoms with E-state index in [1.165, 1.54) is 6.20 Å². The molecule has 0 aliphatic heterocycles. The van der Waals surface area contributed by atoms with E-state index >= 15 is 0 Å². The molecule has 0 saturated carbocycles. The minimum absolute atomic E-state index is 0.168. The number of rotatable bonds is 5. The molecule has 0 unspecified atom stereocenters. The average molecular weight is 384 g/mol. The Morgan fingerprint density at radius 2 is 2.04 bits per heavy atom. The van der Waals surface area contributed by atoms with Crippen LogP contribution >= 0.6 is 0 Å². The van der Waals surface area contributed by atoms with Crippen molar-refractivity contribution >= 4 is 32.3 Å². The molecule has 0 saturated heterocycles. The van der Waals surface area contributed by atoms with Gasteiger partial charge in [-0.3, -0.25) is 9.71 Å². The largest absolute Gasteiger partial charge is 0.379 e. The molecular weight excluding hydrogens is 364 g/mol. The third kappa shape index (κ3) is 3.85. The van der Waals surface area contributed by atoms with Crippen LogP contribution in [-0.4, -0.2) is 28.1 Å². The van der Waals surface area contributed by atoms with Crippen molar-refractivity contribution in [1.29, 1.82) is 5.26 Å². The maximum atomic E-state index is 12.6. The maximum absolute atomic E-state index is 12.6. The molecule has 3 rings (SSSR count). The van der Waals surface area contributed by atoms with Crippen LogP contribution in [0.15, 0.2) is 36.9 Å². The number of aromatic nitrogens is 3. The monoisotopic (exact) mass is 384 g/mol. The van der Waals surface area contributed by atoms with Crippen LogP contribution in [0, 0.1) is 11.3 Å². The molecule has 9 heteroatoms. The standard InChI is InChI=1S/C18H20N6O2S/c1-18(2,3)27(25,26)24-17-12(7-19)8-22-16-5-4-13(6-15(16)17)21-10-14-9-20-11-23-14/h4-6,8-9,11,21H,10H2,1-3H3,(H,20,23)(H,22,24). The number of benzene rings is 1. The molecular formula is C18H20N6O2S. The van der Waals surface area contributed by atoms with Crippen LogP contribution in [-0.2, 0) is 16.6 Å². The highest BCUT2D eigenvalue weighted by Gasteiger charge is 2.30. The molecule has 0 aliphatic rings. The van der Waals surface area contributed by atoms with Crippen molar-refractivity contribution in [1.82, 2.24) is 15.0 Å². The summed E-state index contributed by atoms with van der Waals surface area (Å²) in [5.41, 5.74) is 2.68. The van der Waals surface area contributed by atoms with Crippen LogP contribution < -0.4 is 10.0 Å². The summed E-state index contributed by atoms with van der Waals surface area (Å²) < 4.78 is 26.8. The number of hydrogen-bond donors (Lipinski definition) is 3. The van der Waals surface area contributed by atoms with Gasteiger partial charge in [-0.1, -0.05) is 0 Å². The lowest BCUT2D eigenvalue weighted by molar-refractivity contribution is 0.566. The minimum atomic E-state index is -3.70. The van der Waals surface area contributed by atoms with Crippen LogP contribution in [0.3, 0.4) is 0 Å². The van der Waals surface area contributed by atoms with Gasteiger partial charge in [0.2, 0.25) is 10.0 Å². The lowest BCUT2D eigenvalue weighted by Crippen LogP contribution is -2.34. The zero-order chi connectivity index (χ0) is 19.7. The highest BCUT2D eigenvalue weighted by Crippen LogP contribution is 2.31. The molecule has 27 heavy (non-hydrogen) atoms. The van der Waals surface area contributed by atoms with Crippen molar-refractivity contribution in [3.8, 4) is 6.07 Å². The number of nitrogens with zero attached hydrogens (tertiary/aromatic N) is 3. The first-order chi connectivity index (χ1) is 12.7. The predicted molar refractivity (Wildman–Crippen MR) is 105 cm³/mol. The van der Waals surface area contributed by atoms with Gasteiger partial charge in [-0.15, -0.1) is 0 Å². The Bertz CT molecular complexity index is 1110. The third-order valence-electron chi connectivity index (χ3n) is 4.07. The highest BCUT2D eigenvalue weighted by atomic mass is 32.2. The molecule has 0 spiro atoms. The lowest BCUT2D eigenvalue weighted by atomic mass is 10.1. The number of hydrogen-bond acceptors (Lipinski definition) is 6. The topological polar surface area (TPSA) is 124 Å². The molecule has 3 N–H and O–H groups in total. The van der Waals surface area contributed by atoms with E-state index in [2.05, 4.69) is 25.0 Å². The second-order valence-electron chi connectivity index (χ2n) is 7.04. The quantitative estimate of drug-likeness (QED) is 0.621. The van der Waals surface area contributed by atoms with Gasteiger partial charge < -0.3 is 10.3 Å².